The first-order valence-electron chi connectivity index (χ1n) is 6.01. The molecule has 18 heavy (non-hydrogen) atoms. The molecule has 0 saturated heterocycles. The van der Waals surface area contributed by atoms with Gasteiger partial charge in [0.05, 0.1) is 5.52 Å². The molecule has 0 amide bonds. The van der Waals surface area contributed by atoms with Gasteiger partial charge in [0, 0.05) is 33.7 Å². The zero-order valence-corrected chi connectivity index (χ0v) is 12.0. The van der Waals surface area contributed by atoms with Crippen LogP contribution in [-0.4, -0.2) is 16.4 Å². The van der Waals surface area contributed by atoms with Crippen LogP contribution in [0.5, 0.6) is 0 Å². The Morgan fingerprint density at radius 1 is 1.28 bits per heavy atom. The van der Waals surface area contributed by atoms with Crippen molar-refractivity contribution >= 4 is 39.8 Å². The van der Waals surface area contributed by atoms with Gasteiger partial charge < -0.3 is 5.32 Å². The highest BCUT2D eigenvalue weighted by atomic mass is 35.5. The van der Waals surface area contributed by atoms with Gasteiger partial charge in [-0.15, -0.1) is 11.6 Å². The minimum absolute atomic E-state index is 0.162. The van der Waals surface area contributed by atoms with Crippen LogP contribution in [-0.2, 0) is 0 Å². The van der Waals surface area contributed by atoms with Gasteiger partial charge in [-0.25, -0.2) is 0 Å². The number of aromatic nitrogens is 1. The lowest BCUT2D eigenvalue weighted by molar-refractivity contribution is 0.697. The number of hydrogen-bond acceptors (Lipinski definition) is 2. The third-order valence-electron chi connectivity index (χ3n) is 2.79. The minimum atomic E-state index is 0.162. The van der Waals surface area contributed by atoms with E-state index < -0.39 is 0 Å². The standard InChI is InChI=1S/C14H16Cl2N2/c1-9(15)7-10(2)18-13-5-6-17-14-8-11(16)3-4-12(13)14/h3-6,8-10H,7H2,1-2H3,(H,17,18). The van der Waals surface area contributed by atoms with E-state index in [4.69, 9.17) is 23.2 Å². The van der Waals surface area contributed by atoms with Crippen molar-refractivity contribution in [3.63, 3.8) is 0 Å². The lowest BCUT2D eigenvalue weighted by Crippen LogP contribution is -2.18. The van der Waals surface area contributed by atoms with Crippen LogP contribution in [0.2, 0.25) is 5.02 Å². The fourth-order valence-corrected chi connectivity index (χ4v) is 2.49. The zero-order chi connectivity index (χ0) is 13.1. The molecule has 0 aliphatic carbocycles. The average Bonchev–Trinajstić information content (AvgIpc) is 2.27. The van der Waals surface area contributed by atoms with Gasteiger partial charge in [0.15, 0.2) is 0 Å². The molecule has 0 aliphatic rings. The smallest absolute Gasteiger partial charge is 0.0737 e. The monoisotopic (exact) mass is 282 g/mol. The summed E-state index contributed by atoms with van der Waals surface area (Å²) in [6.45, 7) is 4.13. The van der Waals surface area contributed by atoms with Gasteiger partial charge in [-0.2, -0.15) is 0 Å². The maximum Gasteiger partial charge on any atom is 0.0737 e. The van der Waals surface area contributed by atoms with E-state index in [0.29, 0.717) is 11.1 Å². The van der Waals surface area contributed by atoms with Crippen molar-refractivity contribution in [2.75, 3.05) is 5.32 Å². The largest absolute Gasteiger partial charge is 0.382 e. The molecule has 0 aliphatic heterocycles. The van der Waals surface area contributed by atoms with E-state index in [1.54, 1.807) is 6.20 Å². The number of nitrogens with zero attached hydrogens (tertiary/aromatic N) is 1. The molecule has 0 saturated carbocycles. The number of rotatable bonds is 4. The van der Waals surface area contributed by atoms with Crippen LogP contribution in [0.15, 0.2) is 30.5 Å². The van der Waals surface area contributed by atoms with Gasteiger partial charge in [-0.1, -0.05) is 11.6 Å². The number of anilines is 1. The SMILES string of the molecule is CC(Cl)CC(C)Nc1ccnc2cc(Cl)ccc12. The summed E-state index contributed by atoms with van der Waals surface area (Å²) >= 11 is 12.0. The normalized spacial score (nSPS) is 14.4. The van der Waals surface area contributed by atoms with E-state index in [0.717, 1.165) is 23.0 Å². The second-order valence-corrected chi connectivity index (χ2v) is 5.76. The summed E-state index contributed by atoms with van der Waals surface area (Å²) in [4.78, 5) is 4.32. The molecule has 0 radical (unpaired) electrons. The Morgan fingerprint density at radius 3 is 2.78 bits per heavy atom. The van der Waals surface area contributed by atoms with Crippen LogP contribution in [0, 0.1) is 0 Å². The Hall–Kier alpha value is -0.990. The lowest BCUT2D eigenvalue weighted by atomic mass is 10.1. The summed E-state index contributed by atoms with van der Waals surface area (Å²) in [7, 11) is 0. The predicted molar refractivity (Wildman–Crippen MR) is 79.8 cm³/mol. The number of benzene rings is 1. The Kier molecular flexibility index (Phi) is 4.31. The highest BCUT2D eigenvalue weighted by Crippen LogP contribution is 2.25. The molecule has 2 aromatic rings. The number of fused-ring (bicyclic) bond motifs is 1. The van der Waals surface area contributed by atoms with E-state index in [-0.39, 0.29) is 5.38 Å². The summed E-state index contributed by atoms with van der Waals surface area (Å²) in [6.07, 6.45) is 2.71. The fraction of sp³-hybridized carbons (Fsp3) is 0.357. The van der Waals surface area contributed by atoms with Gasteiger partial charge in [0.25, 0.3) is 0 Å². The van der Waals surface area contributed by atoms with Crippen LogP contribution in [0.1, 0.15) is 20.3 Å². The molecule has 1 aromatic heterocycles. The number of hydrogen-bond donors (Lipinski definition) is 1. The first-order chi connectivity index (χ1) is 8.56. The van der Waals surface area contributed by atoms with Gasteiger partial charge in [0.2, 0.25) is 0 Å². The van der Waals surface area contributed by atoms with Gasteiger partial charge in [-0.05, 0) is 44.5 Å². The summed E-state index contributed by atoms with van der Waals surface area (Å²) in [5.41, 5.74) is 1.97. The average molecular weight is 283 g/mol. The van der Waals surface area contributed by atoms with E-state index in [1.807, 2.05) is 31.2 Å². The van der Waals surface area contributed by atoms with Crippen molar-refractivity contribution in [3.8, 4) is 0 Å². The molecule has 4 heteroatoms. The quantitative estimate of drug-likeness (QED) is 0.822. The third kappa shape index (κ3) is 3.27. The van der Waals surface area contributed by atoms with Crippen molar-refractivity contribution in [3.05, 3.63) is 35.5 Å². The van der Waals surface area contributed by atoms with Gasteiger partial charge in [-0.3, -0.25) is 4.98 Å². The molecule has 2 atom stereocenters. The van der Waals surface area contributed by atoms with Crippen LogP contribution < -0.4 is 5.32 Å². The third-order valence-corrected chi connectivity index (χ3v) is 3.20. The van der Waals surface area contributed by atoms with Crippen LogP contribution >= 0.6 is 23.2 Å². The molecule has 2 nitrogen and oxygen atoms in total. The second kappa shape index (κ2) is 5.77. The Labute approximate surface area is 117 Å². The molecule has 1 aromatic carbocycles. The summed E-state index contributed by atoms with van der Waals surface area (Å²) < 4.78 is 0. The van der Waals surface area contributed by atoms with Crippen molar-refractivity contribution < 1.29 is 0 Å². The molecule has 2 unspecified atom stereocenters. The maximum atomic E-state index is 6.01. The van der Waals surface area contributed by atoms with Crippen molar-refractivity contribution in [1.29, 1.82) is 0 Å². The van der Waals surface area contributed by atoms with E-state index >= 15 is 0 Å². The molecule has 1 N–H and O–H groups in total. The second-order valence-electron chi connectivity index (χ2n) is 4.58. The molecule has 96 valence electrons. The highest BCUT2D eigenvalue weighted by Gasteiger charge is 2.08. The van der Waals surface area contributed by atoms with Crippen LogP contribution in [0.3, 0.4) is 0 Å². The summed E-state index contributed by atoms with van der Waals surface area (Å²) in [6, 6.07) is 8.04. The molecular weight excluding hydrogens is 267 g/mol. The Bertz CT molecular complexity index is 540. The molecule has 2 rings (SSSR count). The molecule has 1 heterocycles. The molecular formula is C14H16Cl2N2. The summed E-state index contributed by atoms with van der Waals surface area (Å²) in [5, 5.41) is 5.41. The zero-order valence-electron chi connectivity index (χ0n) is 10.5. The van der Waals surface area contributed by atoms with E-state index in [2.05, 4.69) is 17.2 Å². The first-order valence-corrected chi connectivity index (χ1v) is 6.82. The predicted octanol–water partition coefficient (Wildman–Crippen LogP) is 4.71. The minimum Gasteiger partial charge on any atom is -0.382 e. The number of alkyl halides is 1. The van der Waals surface area contributed by atoms with Crippen molar-refractivity contribution in [1.82, 2.24) is 4.98 Å². The van der Waals surface area contributed by atoms with Crippen LogP contribution in [0.4, 0.5) is 5.69 Å². The molecule has 0 fully saturated rings. The van der Waals surface area contributed by atoms with Gasteiger partial charge >= 0.3 is 0 Å². The highest BCUT2D eigenvalue weighted by molar-refractivity contribution is 6.31. The molecule has 0 spiro atoms. The van der Waals surface area contributed by atoms with Crippen molar-refractivity contribution in [2.45, 2.75) is 31.7 Å². The van der Waals surface area contributed by atoms with Crippen LogP contribution in [0.25, 0.3) is 10.9 Å². The van der Waals surface area contributed by atoms with E-state index in [9.17, 15) is 0 Å². The van der Waals surface area contributed by atoms with Gasteiger partial charge in [0.1, 0.15) is 0 Å². The van der Waals surface area contributed by atoms with E-state index in [1.165, 1.54) is 0 Å². The molecule has 0 bridgehead atoms. The number of nitrogens with one attached hydrogen (secondary N) is 1. The fourth-order valence-electron chi connectivity index (χ4n) is 2.06. The lowest BCUT2D eigenvalue weighted by Gasteiger charge is -2.17. The topological polar surface area (TPSA) is 24.9 Å². The number of halogens is 2. The summed E-state index contributed by atoms with van der Waals surface area (Å²) in [5.74, 6) is 0. The Balaban J connectivity index is 2.28. The van der Waals surface area contributed by atoms with Crippen molar-refractivity contribution in [2.24, 2.45) is 0 Å². The Morgan fingerprint density at radius 2 is 2.06 bits per heavy atom. The maximum absolute atomic E-state index is 6.01. The number of pyridine rings is 1. The first kappa shape index (κ1) is 13.4.